The molecular formula is C14H17BrN2O6S3. The van der Waals surface area contributed by atoms with Gasteiger partial charge in [-0.25, -0.2) is 25.3 Å². The van der Waals surface area contributed by atoms with Crippen LogP contribution in [0.5, 0.6) is 0 Å². The molecule has 0 bridgehead atoms. The Morgan fingerprint density at radius 3 is 1.81 bits per heavy atom. The molecule has 0 aliphatic carbocycles. The molecule has 4 rings (SSSR count). The molecule has 26 heavy (non-hydrogen) atoms. The number of rotatable bonds is 2. The molecule has 1 aromatic rings. The van der Waals surface area contributed by atoms with Gasteiger partial charge in [-0.2, -0.15) is 4.31 Å². The Kier molecular flexibility index (Phi) is 4.33. The largest absolute Gasteiger partial charge is 0.306 e. The monoisotopic (exact) mass is 484 g/mol. The predicted octanol–water partition coefficient (Wildman–Crippen LogP) is -0.626. The number of hydrogen-bond acceptors (Lipinski definition) is 7. The van der Waals surface area contributed by atoms with Crippen LogP contribution in [0, 0.1) is 0 Å². The molecule has 3 fully saturated rings. The molecule has 144 valence electrons. The van der Waals surface area contributed by atoms with Crippen LogP contribution in [0.4, 0.5) is 0 Å². The van der Waals surface area contributed by atoms with Crippen molar-refractivity contribution >= 4 is 45.6 Å². The van der Waals surface area contributed by atoms with Crippen LogP contribution in [0.15, 0.2) is 33.6 Å². The Hall–Kier alpha value is -0.530. The third kappa shape index (κ3) is 3.14. The molecule has 0 spiro atoms. The SMILES string of the molecule is O=S1(=O)C[C@@H]2N[C@@H]3CS(=O)(=O)C[C@@H]3N(S(=O)(=O)c3ccc(Br)cc3)[C@H]2C1. The van der Waals surface area contributed by atoms with Gasteiger partial charge in [0, 0.05) is 16.6 Å². The maximum absolute atomic E-state index is 13.3. The van der Waals surface area contributed by atoms with Gasteiger partial charge in [-0.3, -0.25) is 0 Å². The minimum absolute atomic E-state index is 0.0219. The first kappa shape index (κ1) is 18.8. The third-order valence-electron chi connectivity index (χ3n) is 5.12. The number of piperazine rings is 1. The lowest BCUT2D eigenvalue weighted by molar-refractivity contribution is 0.160. The Morgan fingerprint density at radius 2 is 1.35 bits per heavy atom. The molecule has 0 saturated carbocycles. The number of nitrogens with one attached hydrogen (secondary N) is 1. The van der Waals surface area contributed by atoms with Crippen LogP contribution in [-0.4, -0.2) is 76.7 Å². The van der Waals surface area contributed by atoms with Gasteiger partial charge in [-0.1, -0.05) is 15.9 Å². The van der Waals surface area contributed by atoms with Crippen LogP contribution >= 0.6 is 15.9 Å². The van der Waals surface area contributed by atoms with E-state index in [1.165, 1.54) is 12.1 Å². The number of sulfonamides is 1. The average molecular weight is 485 g/mol. The second-order valence-corrected chi connectivity index (χ2v) is 14.0. The first-order chi connectivity index (χ1) is 12.0. The number of halogens is 1. The van der Waals surface area contributed by atoms with Gasteiger partial charge in [0.2, 0.25) is 10.0 Å². The Morgan fingerprint density at radius 1 is 0.885 bits per heavy atom. The number of hydrogen-bond donors (Lipinski definition) is 1. The average Bonchev–Trinajstić information content (AvgIpc) is 2.96. The number of benzene rings is 1. The molecule has 12 heteroatoms. The zero-order valence-corrected chi connectivity index (χ0v) is 17.5. The van der Waals surface area contributed by atoms with E-state index in [4.69, 9.17) is 0 Å². The van der Waals surface area contributed by atoms with Gasteiger partial charge in [0.25, 0.3) is 0 Å². The van der Waals surface area contributed by atoms with Crippen molar-refractivity contribution in [2.75, 3.05) is 23.0 Å². The third-order valence-corrected chi connectivity index (χ3v) is 11.0. The summed E-state index contributed by atoms with van der Waals surface area (Å²) in [7, 11) is -10.8. The highest BCUT2D eigenvalue weighted by Gasteiger charge is 2.57. The molecule has 1 N–H and O–H groups in total. The zero-order valence-electron chi connectivity index (χ0n) is 13.4. The number of sulfone groups is 2. The first-order valence-corrected chi connectivity index (χ1v) is 13.8. The summed E-state index contributed by atoms with van der Waals surface area (Å²) in [5.41, 5.74) is 0. The summed E-state index contributed by atoms with van der Waals surface area (Å²) < 4.78 is 76.9. The van der Waals surface area contributed by atoms with Crippen molar-refractivity contribution in [3.63, 3.8) is 0 Å². The molecule has 3 aliphatic heterocycles. The lowest BCUT2D eigenvalue weighted by Gasteiger charge is -2.43. The summed E-state index contributed by atoms with van der Waals surface area (Å²) >= 11 is 3.25. The second-order valence-electron chi connectivity index (χ2n) is 6.96. The van der Waals surface area contributed by atoms with Crippen molar-refractivity contribution < 1.29 is 25.3 Å². The van der Waals surface area contributed by atoms with Crippen LogP contribution in [0.1, 0.15) is 0 Å². The van der Waals surface area contributed by atoms with E-state index in [0.717, 1.165) is 4.31 Å². The van der Waals surface area contributed by atoms with Gasteiger partial charge in [0.15, 0.2) is 19.7 Å². The van der Waals surface area contributed by atoms with E-state index in [9.17, 15) is 25.3 Å². The lowest BCUT2D eigenvalue weighted by Crippen LogP contribution is -2.67. The summed E-state index contributed by atoms with van der Waals surface area (Å²) in [6.45, 7) is 0. The molecular weight excluding hydrogens is 468 g/mol. The highest BCUT2D eigenvalue weighted by atomic mass is 79.9. The second kappa shape index (κ2) is 5.98. The normalized spacial score (nSPS) is 35.7. The van der Waals surface area contributed by atoms with Gasteiger partial charge >= 0.3 is 0 Å². The van der Waals surface area contributed by atoms with E-state index >= 15 is 0 Å². The molecule has 3 saturated heterocycles. The Labute approximate surface area is 161 Å². The van der Waals surface area contributed by atoms with Crippen molar-refractivity contribution in [1.29, 1.82) is 0 Å². The summed E-state index contributed by atoms with van der Waals surface area (Å²) in [6, 6.07) is 3.23. The fourth-order valence-corrected chi connectivity index (χ4v) is 10.2. The fourth-order valence-electron chi connectivity index (χ4n) is 4.08. The molecule has 0 unspecified atom stereocenters. The molecule has 1 aromatic carbocycles. The summed E-state index contributed by atoms with van der Waals surface area (Å²) in [5, 5.41) is 3.08. The first-order valence-electron chi connectivity index (χ1n) is 7.95. The van der Waals surface area contributed by atoms with Crippen LogP contribution in [-0.2, 0) is 29.7 Å². The number of fused-ring (bicyclic) bond motifs is 2. The van der Waals surface area contributed by atoms with Gasteiger partial charge < -0.3 is 5.32 Å². The minimum atomic E-state index is -4.04. The van der Waals surface area contributed by atoms with E-state index in [1.54, 1.807) is 12.1 Å². The molecule has 4 atom stereocenters. The maximum atomic E-state index is 13.3. The van der Waals surface area contributed by atoms with E-state index < -0.39 is 53.9 Å². The van der Waals surface area contributed by atoms with Gasteiger partial charge in [-0.05, 0) is 24.3 Å². The van der Waals surface area contributed by atoms with Crippen molar-refractivity contribution in [1.82, 2.24) is 9.62 Å². The van der Waals surface area contributed by atoms with E-state index in [2.05, 4.69) is 21.2 Å². The smallest absolute Gasteiger partial charge is 0.243 e. The molecule has 0 amide bonds. The van der Waals surface area contributed by atoms with Crippen molar-refractivity contribution in [3.05, 3.63) is 28.7 Å². The van der Waals surface area contributed by atoms with Gasteiger partial charge in [0.1, 0.15) is 0 Å². The van der Waals surface area contributed by atoms with E-state index in [0.29, 0.717) is 4.47 Å². The molecule has 0 radical (unpaired) electrons. The Balaban J connectivity index is 1.83. The van der Waals surface area contributed by atoms with Gasteiger partial charge in [-0.15, -0.1) is 0 Å². The highest BCUT2D eigenvalue weighted by Crippen LogP contribution is 2.36. The molecule has 3 aliphatic rings. The van der Waals surface area contributed by atoms with Crippen LogP contribution in [0.25, 0.3) is 0 Å². The van der Waals surface area contributed by atoms with Crippen molar-refractivity contribution in [2.45, 2.75) is 29.1 Å². The zero-order chi connectivity index (χ0) is 18.9. The summed E-state index contributed by atoms with van der Waals surface area (Å²) in [5.74, 6) is -0.978. The maximum Gasteiger partial charge on any atom is 0.243 e. The molecule has 8 nitrogen and oxygen atoms in total. The topological polar surface area (TPSA) is 118 Å². The molecule has 3 heterocycles. The highest BCUT2D eigenvalue weighted by molar-refractivity contribution is 9.10. The fraction of sp³-hybridized carbons (Fsp3) is 0.571. The molecule has 0 aromatic heterocycles. The summed E-state index contributed by atoms with van der Waals surface area (Å²) in [6.07, 6.45) is 0. The predicted molar refractivity (Wildman–Crippen MR) is 98.8 cm³/mol. The van der Waals surface area contributed by atoms with E-state index in [-0.39, 0.29) is 27.9 Å². The van der Waals surface area contributed by atoms with Gasteiger partial charge in [0.05, 0.1) is 40.0 Å². The van der Waals surface area contributed by atoms with Crippen molar-refractivity contribution in [3.8, 4) is 0 Å². The quantitative estimate of drug-likeness (QED) is 0.593. The Bertz CT molecular complexity index is 1000. The van der Waals surface area contributed by atoms with Crippen LogP contribution in [0.3, 0.4) is 0 Å². The van der Waals surface area contributed by atoms with Crippen LogP contribution in [0.2, 0.25) is 0 Å². The van der Waals surface area contributed by atoms with Crippen molar-refractivity contribution in [2.24, 2.45) is 0 Å². The lowest BCUT2D eigenvalue weighted by atomic mass is 10.0. The standard InChI is InChI=1S/C14H17BrN2O6S3/c15-9-1-3-10(4-2-9)26(22,23)17-13-7-24(18,19)5-11(13)16-12-6-25(20,21)8-14(12)17/h1-4,11-14,16H,5-8H2/t11-,12+,13-,14-/m0/s1. The minimum Gasteiger partial charge on any atom is -0.306 e. The number of nitrogens with zero attached hydrogens (tertiary/aromatic N) is 1. The van der Waals surface area contributed by atoms with Crippen LogP contribution < -0.4 is 5.32 Å². The summed E-state index contributed by atoms with van der Waals surface area (Å²) in [4.78, 5) is 0.0219. The van der Waals surface area contributed by atoms with E-state index in [1.807, 2.05) is 0 Å².